The van der Waals surface area contributed by atoms with Crippen LogP contribution in [-0.4, -0.2) is 16.9 Å². The molecule has 0 fully saturated rings. The predicted octanol–water partition coefficient (Wildman–Crippen LogP) is 3.52. The number of carbonyl (C=O) groups excluding carboxylic acids is 1. The Balaban J connectivity index is 2.77. The molecule has 1 aromatic rings. The minimum absolute atomic E-state index is 0.0560. The van der Waals surface area contributed by atoms with Gasteiger partial charge in [-0.1, -0.05) is 6.07 Å². The number of non-ortho nitro benzene ring substituents is 1. The highest BCUT2D eigenvalue weighted by Gasteiger charge is 2.28. The first-order valence-electron chi connectivity index (χ1n) is 5.63. The summed E-state index contributed by atoms with van der Waals surface area (Å²) in [5.74, 6) is -0.689. The second-order valence-electron chi connectivity index (χ2n) is 4.17. The van der Waals surface area contributed by atoms with Crippen LogP contribution in [0.5, 0.6) is 0 Å². The lowest BCUT2D eigenvalue weighted by Crippen LogP contribution is -2.12. The normalized spacial score (nSPS) is 11.4. The summed E-state index contributed by atoms with van der Waals surface area (Å²) in [5.41, 5.74) is -0.214. The molecule has 4 nitrogen and oxygen atoms in total. The number of nitrogens with zero attached hydrogens (tertiary/aromatic N) is 1. The van der Waals surface area contributed by atoms with E-state index in [1.807, 2.05) is 0 Å². The van der Waals surface area contributed by atoms with Crippen molar-refractivity contribution in [2.24, 2.45) is 0 Å². The summed E-state index contributed by atoms with van der Waals surface area (Å²) >= 11 is 0. The van der Waals surface area contributed by atoms with Crippen LogP contribution in [0.3, 0.4) is 0 Å². The number of nitro groups is 1. The van der Waals surface area contributed by atoms with Gasteiger partial charge < -0.3 is 0 Å². The number of nitro benzene ring substituents is 1. The van der Waals surface area contributed by atoms with Crippen molar-refractivity contribution in [3.8, 4) is 0 Å². The molecule has 0 saturated carbocycles. The van der Waals surface area contributed by atoms with Crippen molar-refractivity contribution in [2.45, 2.75) is 32.1 Å². The van der Waals surface area contributed by atoms with Crippen LogP contribution in [0.25, 0.3) is 0 Å². The summed E-state index contributed by atoms with van der Waals surface area (Å²) in [6, 6.07) is 3.26. The summed E-state index contributed by atoms with van der Waals surface area (Å²) in [7, 11) is 0. The maximum absolute atomic E-state index is 12.7. The first-order chi connectivity index (χ1) is 9.23. The van der Waals surface area contributed by atoms with Crippen LogP contribution in [0.1, 0.15) is 24.0 Å². The van der Waals surface area contributed by atoms with E-state index in [4.69, 9.17) is 0 Å². The van der Waals surface area contributed by atoms with Gasteiger partial charge in [-0.15, -0.1) is 0 Å². The van der Waals surface area contributed by atoms with Crippen LogP contribution in [0.4, 0.5) is 23.2 Å². The summed E-state index contributed by atoms with van der Waals surface area (Å²) < 4.78 is 48.6. The molecule has 1 rings (SSSR count). The molecule has 1 aromatic carbocycles. The Hall–Kier alpha value is -1.99. The Kier molecular flexibility index (Phi) is 5.18. The second kappa shape index (κ2) is 6.44. The van der Waals surface area contributed by atoms with Crippen molar-refractivity contribution >= 4 is 11.5 Å². The Bertz CT molecular complexity index is 514. The molecule has 0 saturated heterocycles. The first-order valence-corrected chi connectivity index (χ1v) is 5.63. The molecule has 0 N–H and O–H groups in total. The number of hydrogen-bond donors (Lipinski definition) is 0. The number of benzene rings is 1. The van der Waals surface area contributed by atoms with Crippen molar-refractivity contribution < 1.29 is 27.3 Å². The molecule has 0 aliphatic rings. The van der Waals surface area contributed by atoms with Crippen molar-refractivity contribution in [1.82, 2.24) is 0 Å². The SMILES string of the molecule is O=C(CCC(F)(F)F)Cc1ccc([N+](=O)[O-])cc1C[18F]. The third-order valence-corrected chi connectivity index (χ3v) is 2.62. The number of hydrogen-bond acceptors (Lipinski definition) is 3. The molecule has 0 aromatic heterocycles. The highest BCUT2D eigenvalue weighted by molar-refractivity contribution is 5.81. The number of halogens is 4. The summed E-state index contributed by atoms with van der Waals surface area (Å²) in [6.45, 7) is -1.02. The van der Waals surface area contributed by atoms with Crippen molar-refractivity contribution in [1.29, 1.82) is 0 Å². The van der Waals surface area contributed by atoms with Crippen LogP contribution in [0.2, 0.25) is 0 Å². The lowest BCUT2D eigenvalue weighted by atomic mass is 10.00. The Morgan fingerprint density at radius 3 is 2.40 bits per heavy atom. The van der Waals surface area contributed by atoms with Gasteiger partial charge in [0.15, 0.2) is 0 Å². The molecule has 0 bridgehead atoms. The minimum Gasteiger partial charge on any atom is -0.299 e. The predicted molar refractivity (Wildman–Crippen MR) is 61.9 cm³/mol. The highest BCUT2D eigenvalue weighted by Crippen LogP contribution is 2.23. The van der Waals surface area contributed by atoms with E-state index in [0.717, 1.165) is 12.1 Å². The molecule has 0 aliphatic heterocycles. The monoisotopic (exact) mass is 292 g/mol. The average molecular weight is 292 g/mol. The standard InChI is InChI=1S/C12H11F4NO3/c13-7-9-5-10(17(19)20)2-1-8(9)6-11(18)3-4-12(14,15)16/h1-2,5H,3-4,6-7H2/i13-1. The molecule has 0 unspecified atom stereocenters. The molecule has 110 valence electrons. The van der Waals surface area contributed by atoms with Gasteiger partial charge in [0, 0.05) is 25.0 Å². The number of rotatable bonds is 6. The molecule has 0 amide bonds. The largest absolute Gasteiger partial charge is 0.389 e. The van der Waals surface area contributed by atoms with E-state index < -0.39 is 36.4 Å². The lowest BCUT2D eigenvalue weighted by Gasteiger charge is -2.07. The molecular weight excluding hydrogens is 281 g/mol. The number of carbonyl (C=O) groups is 1. The van der Waals surface area contributed by atoms with E-state index in [2.05, 4.69) is 0 Å². The molecule has 0 heterocycles. The third-order valence-electron chi connectivity index (χ3n) is 2.62. The Labute approximate surface area is 111 Å². The maximum atomic E-state index is 12.7. The summed E-state index contributed by atoms with van der Waals surface area (Å²) in [5, 5.41) is 10.5. The van der Waals surface area contributed by atoms with E-state index in [-0.39, 0.29) is 23.2 Å². The van der Waals surface area contributed by atoms with Gasteiger partial charge in [0.25, 0.3) is 5.69 Å². The van der Waals surface area contributed by atoms with E-state index in [9.17, 15) is 32.5 Å². The van der Waals surface area contributed by atoms with E-state index in [1.165, 1.54) is 6.07 Å². The van der Waals surface area contributed by atoms with E-state index in [1.54, 1.807) is 0 Å². The van der Waals surface area contributed by atoms with Crippen molar-refractivity contribution in [3.05, 3.63) is 39.4 Å². The van der Waals surface area contributed by atoms with Crippen LogP contribution in [-0.2, 0) is 17.9 Å². The molecular formula is C12H11F4NO3. The summed E-state index contributed by atoms with van der Waals surface area (Å²) in [6.07, 6.45) is -6.71. The zero-order valence-corrected chi connectivity index (χ0v) is 10.2. The van der Waals surface area contributed by atoms with E-state index >= 15 is 0 Å². The smallest absolute Gasteiger partial charge is 0.299 e. The topological polar surface area (TPSA) is 60.2 Å². The zero-order valence-electron chi connectivity index (χ0n) is 10.2. The molecule has 0 atom stereocenters. The zero-order chi connectivity index (χ0) is 15.3. The number of Topliss-reactive ketones (excluding diaryl/α,β-unsaturated/α-hetero) is 1. The van der Waals surface area contributed by atoms with Gasteiger partial charge in [0.2, 0.25) is 0 Å². The summed E-state index contributed by atoms with van der Waals surface area (Å²) in [4.78, 5) is 21.2. The molecule has 0 aliphatic carbocycles. The van der Waals surface area contributed by atoms with Crippen LogP contribution in [0, 0.1) is 10.1 Å². The van der Waals surface area contributed by atoms with Gasteiger partial charge in [-0.05, 0) is 11.1 Å². The Morgan fingerprint density at radius 2 is 1.90 bits per heavy atom. The van der Waals surface area contributed by atoms with Gasteiger partial charge >= 0.3 is 6.18 Å². The third kappa shape index (κ3) is 4.94. The fourth-order valence-electron chi connectivity index (χ4n) is 1.60. The second-order valence-corrected chi connectivity index (χ2v) is 4.17. The maximum Gasteiger partial charge on any atom is 0.389 e. The van der Waals surface area contributed by atoms with Crippen molar-refractivity contribution in [2.75, 3.05) is 0 Å². The quantitative estimate of drug-likeness (QED) is 0.458. The minimum atomic E-state index is -4.42. The van der Waals surface area contributed by atoms with Crippen LogP contribution < -0.4 is 0 Å². The van der Waals surface area contributed by atoms with Crippen LogP contribution >= 0.6 is 0 Å². The fourth-order valence-corrected chi connectivity index (χ4v) is 1.60. The number of alkyl halides is 4. The van der Waals surface area contributed by atoms with Gasteiger partial charge in [0.05, 0.1) is 11.3 Å². The molecule has 8 heteroatoms. The number of ketones is 1. The fraction of sp³-hybridized carbons (Fsp3) is 0.417. The molecule has 0 radical (unpaired) electrons. The van der Waals surface area contributed by atoms with Gasteiger partial charge in [-0.2, -0.15) is 13.2 Å². The average Bonchev–Trinajstić information content (AvgIpc) is 2.35. The first kappa shape index (κ1) is 16.1. The van der Waals surface area contributed by atoms with Gasteiger partial charge in [0.1, 0.15) is 12.5 Å². The highest BCUT2D eigenvalue weighted by atomic mass is 19.4. The Morgan fingerprint density at radius 1 is 1.25 bits per heavy atom. The molecule has 20 heavy (non-hydrogen) atoms. The van der Waals surface area contributed by atoms with E-state index in [0.29, 0.717) is 0 Å². The lowest BCUT2D eigenvalue weighted by molar-refractivity contribution is -0.384. The molecule has 0 spiro atoms. The van der Waals surface area contributed by atoms with Gasteiger partial charge in [-0.25, -0.2) is 4.39 Å². The van der Waals surface area contributed by atoms with Gasteiger partial charge in [-0.3, -0.25) is 14.9 Å². The van der Waals surface area contributed by atoms with Crippen LogP contribution in [0.15, 0.2) is 18.2 Å². The van der Waals surface area contributed by atoms with Crippen molar-refractivity contribution in [3.63, 3.8) is 0 Å².